The lowest BCUT2D eigenvalue weighted by Gasteiger charge is -2.51. The quantitative estimate of drug-likeness (QED) is 0.667. The van der Waals surface area contributed by atoms with Crippen molar-refractivity contribution in [2.45, 2.75) is 77.4 Å². The Hall–Kier alpha value is -0.600. The lowest BCUT2D eigenvalue weighted by atomic mass is 9.54. The molecule has 4 rings (SSSR count). The summed E-state index contributed by atoms with van der Waals surface area (Å²) in [6.07, 6.45) is 11.4. The average molecular weight is 287 g/mol. The van der Waals surface area contributed by atoms with Crippen molar-refractivity contribution in [2.24, 2.45) is 22.5 Å². The van der Waals surface area contributed by atoms with Crippen LogP contribution in [0.4, 0.5) is 0 Å². The summed E-state index contributed by atoms with van der Waals surface area (Å²) in [6.45, 7) is 4.88. The summed E-state index contributed by atoms with van der Waals surface area (Å²) in [7, 11) is 0. The van der Waals surface area contributed by atoms with E-state index in [0.29, 0.717) is 11.5 Å². The molecule has 116 valence electrons. The van der Waals surface area contributed by atoms with Gasteiger partial charge in [-0.25, -0.2) is 0 Å². The summed E-state index contributed by atoms with van der Waals surface area (Å²) >= 11 is 0. The Morgan fingerprint density at radius 2 is 1.90 bits per heavy atom. The fraction of sp³-hybridized carbons (Fsp3) is 0.789. The second-order valence-electron chi connectivity index (χ2n) is 8.38. The summed E-state index contributed by atoms with van der Waals surface area (Å²) < 4.78 is 0. The van der Waals surface area contributed by atoms with Crippen LogP contribution in [-0.2, 0) is 0 Å². The molecule has 0 radical (unpaired) electrons. The van der Waals surface area contributed by atoms with Crippen LogP contribution in [-0.4, -0.2) is 17.3 Å². The minimum atomic E-state index is -0.205. The minimum Gasteiger partial charge on any atom is -0.389 e. The summed E-state index contributed by atoms with van der Waals surface area (Å²) in [4.78, 5) is 0. The van der Waals surface area contributed by atoms with Gasteiger partial charge in [-0.1, -0.05) is 36.6 Å². The van der Waals surface area contributed by atoms with Gasteiger partial charge in [-0.2, -0.15) is 0 Å². The van der Waals surface area contributed by atoms with E-state index in [1.807, 2.05) is 0 Å². The van der Waals surface area contributed by atoms with Crippen molar-refractivity contribution in [3.63, 3.8) is 0 Å². The molecule has 1 saturated carbocycles. The number of nitrogens with two attached hydrogens (primary N) is 1. The molecule has 5 atom stereocenters. The highest BCUT2D eigenvalue weighted by molar-refractivity contribution is 5.42. The van der Waals surface area contributed by atoms with Crippen LogP contribution >= 0.6 is 0 Å². The number of aliphatic hydroxyl groups is 1. The highest BCUT2D eigenvalue weighted by Crippen LogP contribution is 2.62. The van der Waals surface area contributed by atoms with Gasteiger partial charge >= 0.3 is 0 Å². The zero-order valence-corrected chi connectivity index (χ0v) is 13.5. The zero-order chi connectivity index (χ0) is 14.8. The first-order valence-electron chi connectivity index (χ1n) is 8.82. The molecule has 4 aliphatic carbocycles. The van der Waals surface area contributed by atoms with Crippen LogP contribution in [0.5, 0.6) is 0 Å². The molecular weight excluding hydrogens is 258 g/mol. The van der Waals surface area contributed by atoms with Crippen LogP contribution in [0.25, 0.3) is 0 Å². The Kier molecular flexibility index (Phi) is 2.97. The Balaban J connectivity index is 1.78. The van der Waals surface area contributed by atoms with E-state index in [0.717, 1.165) is 25.2 Å². The molecule has 0 amide bonds. The number of aliphatic hydroxyl groups excluding tert-OH is 1. The van der Waals surface area contributed by atoms with Gasteiger partial charge in [-0.3, -0.25) is 0 Å². The molecule has 0 saturated heterocycles. The highest BCUT2D eigenvalue weighted by atomic mass is 16.3. The summed E-state index contributed by atoms with van der Waals surface area (Å²) in [6, 6.07) is 0.398. The van der Waals surface area contributed by atoms with Gasteiger partial charge in [0.05, 0.1) is 6.10 Å². The van der Waals surface area contributed by atoms with Crippen LogP contribution in [0.2, 0.25) is 0 Å². The lowest BCUT2D eigenvalue weighted by molar-refractivity contribution is 0.149. The fourth-order valence-electron chi connectivity index (χ4n) is 5.99. The van der Waals surface area contributed by atoms with E-state index < -0.39 is 0 Å². The molecular formula is C19H29NO. The van der Waals surface area contributed by atoms with E-state index in [2.05, 4.69) is 19.9 Å². The number of allylic oxidation sites excluding steroid dienone is 3. The Morgan fingerprint density at radius 3 is 2.71 bits per heavy atom. The Bertz CT molecular complexity index is 534. The van der Waals surface area contributed by atoms with Crippen molar-refractivity contribution < 1.29 is 5.11 Å². The van der Waals surface area contributed by atoms with E-state index in [9.17, 15) is 5.11 Å². The first-order chi connectivity index (χ1) is 9.95. The molecule has 0 unspecified atom stereocenters. The lowest BCUT2D eigenvalue weighted by Crippen LogP contribution is -2.44. The smallest absolute Gasteiger partial charge is 0.0724 e. The van der Waals surface area contributed by atoms with E-state index >= 15 is 0 Å². The van der Waals surface area contributed by atoms with Crippen molar-refractivity contribution in [3.8, 4) is 0 Å². The van der Waals surface area contributed by atoms with E-state index in [-0.39, 0.29) is 11.5 Å². The molecule has 2 nitrogen and oxygen atoms in total. The van der Waals surface area contributed by atoms with Crippen molar-refractivity contribution in [1.82, 2.24) is 0 Å². The molecule has 3 N–H and O–H groups in total. The van der Waals surface area contributed by atoms with Crippen LogP contribution in [0.15, 0.2) is 22.8 Å². The highest BCUT2D eigenvalue weighted by Gasteiger charge is 2.52. The van der Waals surface area contributed by atoms with Gasteiger partial charge in [0.25, 0.3) is 0 Å². The molecule has 0 aliphatic heterocycles. The van der Waals surface area contributed by atoms with Crippen LogP contribution in [0.3, 0.4) is 0 Å². The van der Waals surface area contributed by atoms with Gasteiger partial charge < -0.3 is 10.8 Å². The SMILES string of the molecule is C[C@]12CC[C@H](O)C=C1CCC1=C2CC[C@]2(C)[C@@H](N)CC[C@@H]12. The minimum absolute atomic E-state index is 0.205. The normalized spacial score (nSPS) is 49.3. The number of rotatable bonds is 0. The first kappa shape index (κ1) is 14.0. The maximum Gasteiger partial charge on any atom is 0.0724 e. The average Bonchev–Trinajstić information content (AvgIpc) is 2.76. The topological polar surface area (TPSA) is 46.2 Å². The fourth-order valence-corrected chi connectivity index (χ4v) is 5.99. The maximum absolute atomic E-state index is 9.98. The Labute approximate surface area is 128 Å². The van der Waals surface area contributed by atoms with Crippen LogP contribution < -0.4 is 5.73 Å². The molecule has 1 fully saturated rings. The van der Waals surface area contributed by atoms with Crippen molar-refractivity contribution in [2.75, 3.05) is 0 Å². The molecule has 0 heterocycles. The third kappa shape index (κ3) is 1.78. The molecule has 0 aromatic heterocycles. The van der Waals surface area contributed by atoms with Crippen molar-refractivity contribution in [1.29, 1.82) is 0 Å². The predicted molar refractivity (Wildman–Crippen MR) is 85.7 cm³/mol. The third-order valence-electron chi connectivity index (χ3n) is 7.50. The molecule has 0 spiro atoms. The standard InChI is InChI=1S/C19H29NO/c1-18-9-7-13(21)11-12(18)3-4-14-15-5-6-17(20)19(15,2)10-8-16(14)18/h11,13,15,17,21H,3-10,20H2,1-2H3/t13-,15-,17-,18-,19-/m0/s1. The molecule has 0 aromatic rings. The van der Waals surface area contributed by atoms with E-state index in [1.165, 1.54) is 37.7 Å². The van der Waals surface area contributed by atoms with Gasteiger partial charge in [-0.05, 0) is 62.7 Å². The van der Waals surface area contributed by atoms with Gasteiger partial charge in [-0.15, -0.1) is 0 Å². The van der Waals surface area contributed by atoms with Crippen molar-refractivity contribution >= 4 is 0 Å². The van der Waals surface area contributed by atoms with Crippen LogP contribution in [0.1, 0.15) is 65.2 Å². The Morgan fingerprint density at radius 1 is 1.10 bits per heavy atom. The van der Waals surface area contributed by atoms with E-state index in [1.54, 1.807) is 11.1 Å². The summed E-state index contributed by atoms with van der Waals surface area (Å²) in [5.41, 5.74) is 12.1. The number of hydrogen-bond donors (Lipinski definition) is 2. The van der Waals surface area contributed by atoms with Gasteiger partial charge in [0.15, 0.2) is 0 Å². The number of hydrogen-bond acceptors (Lipinski definition) is 2. The van der Waals surface area contributed by atoms with Crippen molar-refractivity contribution in [3.05, 3.63) is 22.8 Å². The van der Waals surface area contributed by atoms with Crippen LogP contribution in [0, 0.1) is 16.7 Å². The van der Waals surface area contributed by atoms with Gasteiger partial charge in [0, 0.05) is 11.5 Å². The molecule has 4 aliphatic rings. The largest absolute Gasteiger partial charge is 0.389 e. The molecule has 2 heteroatoms. The van der Waals surface area contributed by atoms with E-state index in [4.69, 9.17) is 5.73 Å². The third-order valence-corrected chi connectivity index (χ3v) is 7.50. The van der Waals surface area contributed by atoms with Gasteiger partial charge in [0.1, 0.15) is 0 Å². The zero-order valence-electron chi connectivity index (χ0n) is 13.5. The second-order valence-corrected chi connectivity index (χ2v) is 8.38. The first-order valence-corrected chi connectivity index (χ1v) is 8.82. The summed E-state index contributed by atoms with van der Waals surface area (Å²) in [5, 5.41) is 9.98. The summed E-state index contributed by atoms with van der Waals surface area (Å²) in [5.74, 6) is 0.737. The predicted octanol–water partition coefficient (Wildman–Crippen LogP) is 3.70. The molecule has 21 heavy (non-hydrogen) atoms. The number of fused-ring (bicyclic) bond motifs is 4. The maximum atomic E-state index is 9.98. The molecule has 0 aromatic carbocycles. The monoisotopic (exact) mass is 287 g/mol. The van der Waals surface area contributed by atoms with Gasteiger partial charge in [0.2, 0.25) is 0 Å². The second kappa shape index (κ2) is 4.45. The molecule has 0 bridgehead atoms.